The van der Waals surface area contributed by atoms with Crippen molar-refractivity contribution in [3.05, 3.63) is 71.8 Å². The predicted molar refractivity (Wildman–Crippen MR) is 94.7 cm³/mol. The van der Waals surface area contributed by atoms with E-state index in [9.17, 15) is 14.4 Å². The number of fused-ring (bicyclic) bond motifs is 1. The smallest absolute Gasteiger partial charge is 0.258 e. The maximum Gasteiger partial charge on any atom is 0.258 e. The minimum Gasteiger partial charge on any atom is -0.366 e. The van der Waals surface area contributed by atoms with Crippen molar-refractivity contribution in [2.45, 2.75) is 6.42 Å². The van der Waals surface area contributed by atoms with Crippen LogP contribution < -0.4 is 11.1 Å². The molecule has 3 amide bonds. The quantitative estimate of drug-likeness (QED) is 0.877. The van der Waals surface area contributed by atoms with Crippen molar-refractivity contribution in [2.75, 3.05) is 11.9 Å². The van der Waals surface area contributed by atoms with Crippen molar-refractivity contribution >= 4 is 29.1 Å². The van der Waals surface area contributed by atoms with Crippen LogP contribution in [-0.2, 0) is 4.79 Å². The highest BCUT2D eigenvalue weighted by atomic mass is 16.2. The standard InChI is InChI=1S/C19H17N3O3/c1-12-15-4-2-3-5-16(15)19(25)22(12)11-10-17(23)21-14-8-6-13(7-9-14)18(20)24/h2-9H,1,10-11H2,(H2,20,24)(H,21,23). The van der Waals surface area contributed by atoms with Gasteiger partial charge in [-0.3, -0.25) is 14.4 Å². The second kappa shape index (κ2) is 6.60. The molecule has 2 aromatic carbocycles. The highest BCUT2D eigenvalue weighted by Crippen LogP contribution is 2.31. The van der Waals surface area contributed by atoms with E-state index in [1.807, 2.05) is 12.1 Å². The monoisotopic (exact) mass is 335 g/mol. The van der Waals surface area contributed by atoms with Crippen molar-refractivity contribution in [3.63, 3.8) is 0 Å². The molecule has 0 fully saturated rings. The highest BCUT2D eigenvalue weighted by Gasteiger charge is 2.30. The molecule has 0 saturated heterocycles. The number of primary amides is 1. The van der Waals surface area contributed by atoms with Crippen LogP contribution in [0.4, 0.5) is 5.69 Å². The third kappa shape index (κ3) is 3.28. The van der Waals surface area contributed by atoms with Crippen molar-refractivity contribution in [1.82, 2.24) is 4.90 Å². The summed E-state index contributed by atoms with van der Waals surface area (Å²) in [5, 5.41) is 2.72. The van der Waals surface area contributed by atoms with E-state index in [-0.39, 0.29) is 24.8 Å². The number of hydrogen-bond acceptors (Lipinski definition) is 3. The van der Waals surface area contributed by atoms with Crippen molar-refractivity contribution in [2.24, 2.45) is 5.73 Å². The SMILES string of the molecule is C=C1c2ccccc2C(=O)N1CCC(=O)Nc1ccc(C(N)=O)cc1. The first kappa shape index (κ1) is 16.4. The number of nitrogens with zero attached hydrogens (tertiary/aromatic N) is 1. The average molecular weight is 335 g/mol. The summed E-state index contributed by atoms with van der Waals surface area (Å²) >= 11 is 0. The minimum absolute atomic E-state index is 0.135. The number of carbonyl (C=O) groups is 3. The molecule has 6 nitrogen and oxygen atoms in total. The number of nitrogens with one attached hydrogen (secondary N) is 1. The van der Waals surface area contributed by atoms with Gasteiger partial charge in [0.05, 0.1) is 0 Å². The van der Waals surface area contributed by atoms with Gasteiger partial charge in [-0.15, -0.1) is 0 Å². The fourth-order valence-corrected chi connectivity index (χ4v) is 2.73. The molecule has 1 heterocycles. The Morgan fingerprint density at radius 2 is 1.68 bits per heavy atom. The van der Waals surface area contributed by atoms with Gasteiger partial charge in [0.2, 0.25) is 11.8 Å². The maximum absolute atomic E-state index is 12.4. The zero-order valence-corrected chi connectivity index (χ0v) is 13.5. The van der Waals surface area contributed by atoms with E-state index in [1.165, 1.54) is 4.90 Å². The topological polar surface area (TPSA) is 92.5 Å². The second-order valence-electron chi connectivity index (χ2n) is 5.69. The molecule has 6 heteroatoms. The number of anilines is 1. The predicted octanol–water partition coefficient (Wildman–Crippen LogP) is 2.24. The Labute approximate surface area is 144 Å². The molecule has 0 aliphatic carbocycles. The number of rotatable bonds is 5. The van der Waals surface area contributed by atoms with E-state index >= 15 is 0 Å². The summed E-state index contributed by atoms with van der Waals surface area (Å²) < 4.78 is 0. The van der Waals surface area contributed by atoms with Crippen LogP contribution in [0.15, 0.2) is 55.1 Å². The number of benzene rings is 2. The molecule has 0 radical (unpaired) electrons. The van der Waals surface area contributed by atoms with Gasteiger partial charge in [-0.25, -0.2) is 0 Å². The van der Waals surface area contributed by atoms with Crippen LogP contribution in [0.1, 0.15) is 32.7 Å². The lowest BCUT2D eigenvalue weighted by Crippen LogP contribution is -2.27. The highest BCUT2D eigenvalue weighted by molar-refractivity contribution is 6.09. The third-order valence-corrected chi connectivity index (χ3v) is 4.05. The molecule has 0 spiro atoms. The fraction of sp³-hybridized carbons (Fsp3) is 0.105. The molecule has 2 aromatic rings. The Bertz CT molecular complexity index is 837. The first-order valence-corrected chi connectivity index (χ1v) is 7.77. The Morgan fingerprint density at radius 1 is 1.04 bits per heavy atom. The summed E-state index contributed by atoms with van der Waals surface area (Å²) in [6.45, 7) is 4.19. The fourth-order valence-electron chi connectivity index (χ4n) is 2.73. The molecule has 0 bridgehead atoms. The maximum atomic E-state index is 12.4. The molecule has 1 aliphatic heterocycles. The van der Waals surface area contributed by atoms with E-state index in [4.69, 9.17) is 5.73 Å². The van der Waals surface area contributed by atoms with Gasteiger partial charge >= 0.3 is 0 Å². The third-order valence-electron chi connectivity index (χ3n) is 4.05. The Kier molecular flexibility index (Phi) is 4.35. The Morgan fingerprint density at radius 3 is 2.28 bits per heavy atom. The summed E-state index contributed by atoms with van der Waals surface area (Å²) in [7, 11) is 0. The summed E-state index contributed by atoms with van der Waals surface area (Å²) in [6, 6.07) is 13.5. The molecular formula is C19H17N3O3. The van der Waals surface area contributed by atoms with Gasteiger partial charge in [0.1, 0.15) is 0 Å². The lowest BCUT2D eigenvalue weighted by atomic mass is 10.1. The summed E-state index contributed by atoms with van der Waals surface area (Å²) in [5.41, 5.74) is 8.12. The van der Waals surface area contributed by atoms with Crippen LogP contribution in [0.5, 0.6) is 0 Å². The van der Waals surface area contributed by atoms with E-state index < -0.39 is 5.91 Å². The number of nitrogens with two attached hydrogens (primary N) is 1. The van der Waals surface area contributed by atoms with Crippen LogP contribution in [0.25, 0.3) is 5.70 Å². The van der Waals surface area contributed by atoms with Gasteiger partial charge in [-0.1, -0.05) is 24.8 Å². The van der Waals surface area contributed by atoms with Crippen LogP contribution in [0.3, 0.4) is 0 Å². The van der Waals surface area contributed by atoms with E-state index in [2.05, 4.69) is 11.9 Å². The van der Waals surface area contributed by atoms with Crippen LogP contribution in [0.2, 0.25) is 0 Å². The second-order valence-corrected chi connectivity index (χ2v) is 5.69. The Hall–Kier alpha value is -3.41. The van der Waals surface area contributed by atoms with Crippen LogP contribution in [-0.4, -0.2) is 29.2 Å². The molecule has 0 aromatic heterocycles. The van der Waals surface area contributed by atoms with Gasteiger partial charge in [-0.2, -0.15) is 0 Å². The van der Waals surface area contributed by atoms with Gasteiger partial charge in [0.15, 0.2) is 0 Å². The van der Waals surface area contributed by atoms with Crippen LogP contribution >= 0.6 is 0 Å². The van der Waals surface area contributed by atoms with Crippen LogP contribution in [0, 0.1) is 0 Å². The zero-order chi connectivity index (χ0) is 18.0. The molecule has 3 N–H and O–H groups in total. The van der Waals surface area contributed by atoms with Gasteiger partial charge in [0, 0.05) is 41.0 Å². The van der Waals surface area contributed by atoms with Crippen molar-refractivity contribution in [3.8, 4) is 0 Å². The molecule has 1 aliphatic rings. The lowest BCUT2D eigenvalue weighted by Gasteiger charge is -2.17. The summed E-state index contributed by atoms with van der Waals surface area (Å²) in [5.74, 6) is -0.897. The van der Waals surface area contributed by atoms with Crippen molar-refractivity contribution < 1.29 is 14.4 Å². The molecule has 0 atom stereocenters. The summed E-state index contributed by atoms with van der Waals surface area (Å²) in [4.78, 5) is 37.0. The lowest BCUT2D eigenvalue weighted by molar-refractivity contribution is -0.116. The van der Waals surface area contributed by atoms with Gasteiger partial charge < -0.3 is 16.0 Å². The Balaban J connectivity index is 1.59. The molecular weight excluding hydrogens is 318 g/mol. The molecule has 25 heavy (non-hydrogen) atoms. The number of carbonyl (C=O) groups excluding carboxylic acids is 3. The molecule has 0 unspecified atom stereocenters. The zero-order valence-electron chi connectivity index (χ0n) is 13.5. The van der Waals surface area contributed by atoms with Gasteiger partial charge in [-0.05, 0) is 30.3 Å². The first-order valence-electron chi connectivity index (χ1n) is 7.77. The number of amides is 3. The summed E-state index contributed by atoms with van der Waals surface area (Å²) in [6.07, 6.45) is 0.135. The largest absolute Gasteiger partial charge is 0.366 e. The van der Waals surface area contributed by atoms with E-state index in [0.717, 1.165) is 5.56 Å². The minimum atomic E-state index is -0.525. The molecule has 126 valence electrons. The normalized spacial score (nSPS) is 12.9. The van der Waals surface area contributed by atoms with E-state index in [0.29, 0.717) is 22.5 Å². The molecule has 3 rings (SSSR count). The first-order chi connectivity index (χ1) is 12.0. The van der Waals surface area contributed by atoms with E-state index in [1.54, 1.807) is 36.4 Å². The van der Waals surface area contributed by atoms with Gasteiger partial charge in [0.25, 0.3) is 5.91 Å². The number of hydrogen-bond donors (Lipinski definition) is 2. The van der Waals surface area contributed by atoms with Crippen molar-refractivity contribution in [1.29, 1.82) is 0 Å². The molecule has 0 saturated carbocycles. The average Bonchev–Trinajstić information content (AvgIpc) is 2.85.